The molecule has 0 radical (unpaired) electrons. The summed E-state index contributed by atoms with van der Waals surface area (Å²) < 4.78 is 0. The number of rotatable bonds is 3. The fraction of sp³-hybridized carbons (Fsp3) is 0.133. The highest BCUT2D eigenvalue weighted by molar-refractivity contribution is 6.33. The monoisotopic (exact) mass is 272 g/mol. The molecule has 4 heteroatoms. The predicted octanol–water partition coefficient (Wildman–Crippen LogP) is 3.47. The highest BCUT2D eigenvalue weighted by atomic mass is 35.5. The fourth-order valence-electron chi connectivity index (χ4n) is 2.04. The molecule has 19 heavy (non-hydrogen) atoms. The van der Waals surface area contributed by atoms with Gasteiger partial charge in [0.2, 0.25) is 0 Å². The molecular weight excluding hydrogens is 260 g/mol. The van der Waals surface area contributed by atoms with Crippen molar-refractivity contribution >= 4 is 23.0 Å². The summed E-state index contributed by atoms with van der Waals surface area (Å²) in [5, 5.41) is 19.1. The van der Waals surface area contributed by atoms with Crippen LogP contribution in [0.2, 0.25) is 5.02 Å². The van der Waals surface area contributed by atoms with E-state index >= 15 is 0 Å². The average Bonchev–Trinajstić information content (AvgIpc) is 2.46. The summed E-state index contributed by atoms with van der Waals surface area (Å²) in [5.74, 6) is 0. The molecular formula is C15H13ClN2O. The standard InChI is InChI=1S/C15H13ClN2O/c1-18(14-8-3-2-5-11(14)9-17)15-12(10-19)6-4-7-13(15)16/h2-8,19H,10H2,1H3. The molecule has 3 nitrogen and oxygen atoms in total. The summed E-state index contributed by atoms with van der Waals surface area (Å²) in [6.45, 7) is -0.102. The Labute approximate surface area is 117 Å². The summed E-state index contributed by atoms with van der Waals surface area (Å²) in [5.41, 5.74) is 2.76. The maximum atomic E-state index is 9.41. The molecule has 0 amide bonds. The number of halogens is 1. The van der Waals surface area contributed by atoms with Crippen LogP contribution in [0.5, 0.6) is 0 Å². The van der Waals surface area contributed by atoms with E-state index in [-0.39, 0.29) is 6.61 Å². The highest BCUT2D eigenvalue weighted by Gasteiger charge is 2.15. The van der Waals surface area contributed by atoms with Gasteiger partial charge in [-0.3, -0.25) is 0 Å². The van der Waals surface area contributed by atoms with Gasteiger partial charge in [0.05, 0.1) is 28.6 Å². The van der Waals surface area contributed by atoms with Crippen molar-refractivity contribution in [3.63, 3.8) is 0 Å². The maximum Gasteiger partial charge on any atom is 0.101 e. The van der Waals surface area contributed by atoms with E-state index < -0.39 is 0 Å². The van der Waals surface area contributed by atoms with Gasteiger partial charge in [-0.25, -0.2) is 0 Å². The molecule has 0 spiro atoms. The third kappa shape index (κ3) is 2.55. The summed E-state index contributed by atoms with van der Waals surface area (Å²) in [6.07, 6.45) is 0. The number of benzene rings is 2. The van der Waals surface area contributed by atoms with E-state index in [9.17, 15) is 5.11 Å². The Bertz CT molecular complexity index is 634. The molecule has 0 unspecified atom stereocenters. The van der Waals surface area contributed by atoms with Crippen molar-refractivity contribution in [3.05, 3.63) is 58.6 Å². The lowest BCUT2D eigenvalue weighted by Crippen LogP contribution is -2.13. The first kappa shape index (κ1) is 13.4. The number of anilines is 2. The van der Waals surface area contributed by atoms with E-state index in [4.69, 9.17) is 16.9 Å². The zero-order valence-electron chi connectivity index (χ0n) is 10.5. The average molecular weight is 273 g/mol. The van der Waals surface area contributed by atoms with Crippen molar-refractivity contribution in [2.24, 2.45) is 0 Å². The Morgan fingerprint density at radius 2 is 1.95 bits per heavy atom. The third-order valence-electron chi connectivity index (χ3n) is 2.96. The molecule has 1 N–H and O–H groups in total. The first-order valence-electron chi connectivity index (χ1n) is 5.80. The molecule has 0 heterocycles. The number of aliphatic hydroxyl groups excluding tert-OH is 1. The van der Waals surface area contributed by atoms with Crippen LogP contribution in [-0.4, -0.2) is 12.2 Å². The summed E-state index contributed by atoms with van der Waals surface area (Å²) in [4.78, 5) is 1.83. The molecule has 0 aromatic heterocycles. The maximum absolute atomic E-state index is 9.41. The van der Waals surface area contributed by atoms with E-state index in [1.807, 2.05) is 36.2 Å². The zero-order chi connectivity index (χ0) is 13.8. The normalized spacial score (nSPS) is 10.0. The molecule has 0 atom stereocenters. The molecule has 0 saturated heterocycles. The van der Waals surface area contributed by atoms with Gasteiger partial charge in [-0.1, -0.05) is 35.9 Å². The van der Waals surface area contributed by atoms with E-state index in [2.05, 4.69) is 6.07 Å². The van der Waals surface area contributed by atoms with Crippen LogP contribution in [-0.2, 0) is 6.61 Å². The molecule has 0 aliphatic heterocycles. The summed E-state index contributed by atoms with van der Waals surface area (Å²) in [7, 11) is 1.83. The van der Waals surface area contributed by atoms with Crippen LogP contribution >= 0.6 is 11.6 Å². The molecule has 0 fully saturated rings. The number of aliphatic hydroxyl groups is 1. The number of para-hydroxylation sites is 2. The van der Waals surface area contributed by atoms with Crippen LogP contribution in [0.25, 0.3) is 0 Å². The minimum atomic E-state index is -0.102. The Kier molecular flexibility index (Phi) is 4.06. The Morgan fingerprint density at radius 1 is 1.21 bits per heavy atom. The van der Waals surface area contributed by atoms with Crippen LogP contribution in [0.1, 0.15) is 11.1 Å². The second kappa shape index (κ2) is 5.75. The lowest BCUT2D eigenvalue weighted by molar-refractivity contribution is 0.282. The number of hydrogen-bond acceptors (Lipinski definition) is 3. The summed E-state index contributed by atoms with van der Waals surface area (Å²) in [6, 6.07) is 14.8. The molecule has 0 saturated carbocycles. The van der Waals surface area contributed by atoms with Crippen molar-refractivity contribution in [1.82, 2.24) is 0 Å². The second-order valence-corrected chi connectivity index (χ2v) is 4.50. The molecule has 2 rings (SSSR count). The highest BCUT2D eigenvalue weighted by Crippen LogP contribution is 2.35. The summed E-state index contributed by atoms with van der Waals surface area (Å²) >= 11 is 6.21. The SMILES string of the molecule is CN(c1ccccc1C#N)c1c(Cl)cccc1CO. The topological polar surface area (TPSA) is 47.3 Å². The van der Waals surface area contributed by atoms with E-state index in [0.717, 1.165) is 16.9 Å². The van der Waals surface area contributed by atoms with Gasteiger partial charge in [0.1, 0.15) is 6.07 Å². The fourth-order valence-corrected chi connectivity index (χ4v) is 2.37. The van der Waals surface area contributed by atoms with Crippen LogP contribution < -0.4 is 4.90 Å². The zero-order valence-corrected chi connectivity index (χ0v) is 11.2. The van der Waals surface area contributed by atoms with Gasteiger partial charge in [0.25, 0.3) is 0 Å². The first-order valence-corrected chi connectivity index (χ1v) is 6.18. The Morgan fingerprint density at radius 3 is 2.63 bits per heavy atom. The van der Waals surface area contributed by atoms with Crippen molar-refractivity contribution in [2.75, 3.05) is 11.9 Å². The van der Waals surface area contributed by atoms with Crippen LogP contribution in [0.4, 0.5) is 11.4 Å². The van der Waals surface area contributed by atoms with E-state index in [1.165, 1.54) is 0 Å². The Hall–Kier alpha value is -2.02. The number of nitrogens with zero attached hydrogens (tertiary/aromatic N) is 2. The number of hydrogen-bond donors (Lipinski definition) is 1. The van der Waals surface area contributed by atoms with Gasteiger partial charge >= 0.3 is 0 Å². The lowest BCUT2D eigenvalue weighted by atomic mass is 10.1. The Balaban J connectivity index is 2.57. The van der Waals surface area contributed by atoms with Gasteiger partial charge in [-0.05, 0) is 18.2 Å². The largest absolute Gasteiger partial charge is 0.392 e. The van der Waals surface area contributed by atoms with Crippen LogP contribution in [0, 0.1) is 11.3 Å². The van der Waals surface area contributed by atoms with Gasteiger partial charge in [-0.15, -0.1) is 0 Å². The molecule has 96 valence electrons. The van der Waals surface area contributed by atoms with E-state index in [0.29, 0.717) is 10.6 Å². The van der Waals surface area contributed by atoms with Gasteiger partial charge in [-0.2, -0.15) is 5.26 Å². The van der Waals surface area contributed by atoms with Gasteiger partial charge in [0, 0.05) is 12.6 Å². The van der Waals surface area contributed by atoms with Crippen molar-refractivity contribution in [2.45, 2.75) is 6.61 Å². The predicted molar refractivity (Wildman–Crippen MR) is 76.6 cm³/mol. The van der Waals surface area contributed by atoms with Crippen LogP contribution in [0.15, 0.2) is 42.5 Å². The van der Waals surface area contributed by atoms with Crippen molar-refractivity contribution < 1.29 is 5.11 Å². The minimum absolute atomic E-state index is 0.102. The quantitative estimate of drug-likeness (QED) is 0.931. The van der Waals surface area contributed by atoms with Crippen LogP contribution in [0.3, 0.4) is 0 Å². The lowest BCUT2D eigenvalue weighted by Gasteiger charge is -2.24. The molecule has 2 aromatic carbocycles. The smallest absolute Gasteiger partial charge is 0.101 e. The molecule has 0 aliphatic carbocycles. The molecule has 0 bridgehead atoms. The third-order valence-corrected chi connectivity index (χ3v) is 3.27. The van der Waals surface area contributed by atoms with E-state index in [1.54, 1.807) is 18.2 Å². The van der Waals surface area contributed by atoms with Crippen molar-refractivity contribution in [1.29, 1.82) is 5.26 Å². The number of nitriles is 1. The first-order chi connectivity index (χ1) is 9.19. The molecule has 2 aromatic rings. The second-order valence-electron chi connectivity index (χ2n) is 4.09. The van der Waals surface area contributed by atoms with Gasteiger partial charge in [0.15, 0.2) is 0 Å². The minimum Gasteiger partial charge on any atom is -0.392 e. The molecule has 0 aliphatic rings. The van der Waals surface area contributed by atoms with Crippen molar-refractivity contribution in [3.8, 4) is 6.07 Å². The van der Waals surface area contributed by atoms with Gasteiger partial charge < -0.3 is 10.0 Å².